The first-order valence-electron chi connectivity index (χ1n) is 17.3. The molecule has 0 fully saturated rings. The summed E-state index contributed by atoms with van der Waals surface area (Å²) in [6, 6.07) is 61.7. The molecule has 1 N–H and O–H groups in total. The van der Waals surface area contributed by atoms with Gasteiger partial charge < -0.3 is 9.73 Å². The third-order valence-electron chi connectivity index (χ3n) is 9.90. The van der Waals surface area contributed by atoms with Gasteiger partial charge in [-0.25, -0.2) is 9.98 Å². The van der Waals surface area contributed by atoms with E-state index in [0.29, 0.717) is 5.84 Å². The van der Waals surface area contributed by atoms with Gasteiger partial charge in [0.2, 0.25) is 0 Å². The second-order valence-electron chi connectivity index (χ2n) is 13.1. The highest BCUT2D eigenvalue weighted by molar-refractivity contribution is 6.23. The molecule has 1 atom stereocenters. The second-order valence-corrected chi connectivity index (χ2v) is 13.1. The lowest BCUT2D eigenvalue weighted by Crippen LogP contribution is -2.33. The highest BCUT2D eigenvalue weighted by atomic mass is 16.3. The lowest BCUT2D eigenvalue weighted by Gasteiger charge is -2.24. The second kappa shape index (κ2) is 12.0. The topological polar surface area (TPSA) is 49.9 Å². The Morgan fingerprint density at radius 1 is 0.451 bits per heavy atom. The quantitative estimate of drug-likeness (QED) is 0.201. The van der Waals surface area contributed by atoms with Crippen LogP contribution in [0.4, 0.5) is 0 Å². The lowest BCUT2D eigenvalue weighted by atomic mass is 9.96. The number of nitrogens with zero attached hydrogens (tertiary/aromatic N) is 2. The lowest BCUT2D eigenvalue weighted by molar-refractivity contribution is 0.668. The minimum atomic E-state index is -0.360. The van der Waals surface area contributed by atoms with Gasteiger partial charge in [-0.3, -0.25) is 0 Å². The minimum Gasteiger partial charge on any atom is -0.456 e. The van der Waals surface area contributed by atoms with Gasteiger partial charge in [0.15, 0.2) is 5.84 Å². The van der Waals surface area contributed by atoms with Crippen molar-refractivity contribution in [3.05, 3.63) is 193 Å². The molecule has 4 nitrogen and oxygen atoms in total. The number of benzene rings is 8. The Bertz CT molecular complexity index is 2830. The molecule has 51 heavy (non-hydrogen) atoms. The number of rotatable bonds is 5. The van der Waals surface area contributed by atoms with Crippen LogP contribution in [0.15, 0.2) is 190 Å². The maximum atomic E-state index is 6.54. The highest BCUT2D eigenvalue weighted by Crippen LogP contribution is 2.38. The molecule has 9 aromatic rings. The molecule has 0 aliphatic carbocycles. The van der Waals surface area contributed by atoms with Gasteiger partial charge in [0.1, 0.15) is 23.2 Å². The van der Waals surface area contributed by atoms with E-state index in [4.69, 9.17) is 14.4 Å². The van der Waals surface area contributed by atoms with Crippen molar-refractivity contribution in [3.8, 4) is 22.3 Å². The van der Waals surface area contributed by atoms with Crippen molar-refractivity contribution in [2.75, 3.05) is 0 Å². The predicted molar refractivity (Wildman–Crippen MR) is 211 cm³/mol. The minimum absolute atomic E-state index is 0.360. The van der Waals surface area contributed by atoms with Gasteiger partial charge in [-0.05, 0) is 79.7 Å². The van der Waals surface area contributed by atoms with Gasteiger partial charge in [-0.1, -0.05) is 146 Å². The van der Waals surface area contributed by atoms with Crippen molar-refractivity contribution >= 4 is 55.2 Å². The summed E-state index contributed by atoms with van der Waals surface area (Å²) in [6.45, 7) is 0. The largest absolute Gasteiger partial charge is 0.456 e. The van der Waals surface area contributed by atoms with Crippen molar-refractivity contribution in [1.82, 2.24) is 5.32 Å². The van der Waals surface area contributed by atoms with Crippen LogP contribution in [0.3, 0.4) is 0 Å². The number of hydrogen-bond donors (Lipinski definition) is 1. The van der Waals surface area contributed by atoms with Crippen molar-refractivity contribution in [2.24, 2.45) is 9.98 Å². The fourth-order valence-electron chi connectivity index (χ4n) is 7.28. The number of nitrogens with one attached hydrogen (secondary N) is 1. The molecule has 0 amide bonds. The first-order chi connectivity index (χ1) is 25.2. The van der Waals surface area contributed by atoms with Crippen molar-refractivity contribution in [3.63, 3.8) is 0 Å². The molecule has 0 radical (unpaired) electrons. The number of fused-ring (bicyclic) bond motifs is 5. The van der Waals surface area contributed by atoms with E-state index in [1.165, 1.54) is 21.7 Å². The summed E-state index contributed by atoms with van der Waals surface area (Å²) in [6.07, 6.45) is -0.360. The Morgan fingerprint density at radius 3 is 1.82 bits per heavy atom. The standard InChI is InChI=1S/C47H31N3O/c1-2-10-30(11-3-1)33-18-22-34(23-19-33)45-48-46(38-25-21-32-13-5-7-15-36(32)27-38)50-47(49-45)41-28-39(37-24-20-31-12-4-6-14-35(31)26-37)29-43-44(41)40-16-8-9-17-42(40)51-43/h1-29,45H,(H,48,49,50). The third-order valence-corrected chi connectivity index (χ3v) is 9.90. The molecule has 8 aromatic carbocycles. The first-order valence-corrected chi connectivity index (χ1v) is 17.3. The average molecular weight is 654 g/mol. The zero-order valence-electron chi connectivity index (χ0n) is 27.6. The average Bonchev–Trinajstić information content (AvgIpc) is 3.59. The Kier molecular flexibility index (Phi) is 6.85. The molecule has 1 aliphatic rings. The molecule has 1 aliphatic heterocycles. The van der Waals surface area contributed by atoms with Crippen molar-refractivity contribution < 1.29 is 4.42 Å². The van der Waals surface area contributed by atoms with Crippen molar-refractivity contribution in [1.29, 1.82) is 0 Å². The van der Waals surface area contributed by atoms with Gasteiger partial charge in [-0.2, -0.15) is 0 Å². The normalized spacial score (nSPS) is 14.5. The molecule has 4 heteroatoms. The van der Waals surface area contributed by atoms with E-state index in [-0.39, 0.29) is 6.17 Å². The smallest absolute Gasteiger partial charge is 0.160 e. The number of para-hydroxylation sites is 1. The van der Waals surface area contributed by atoms with Crippen LogP contribution < -0.4 is 5.32 Å². The van der Waals surface area contributed by atoms with E-state index in [1.807, 2.05) is 18.2 Å². The van der Waals surface area contributed by atoms with Crippen molar-refractivity contribution in [2.45, 2.75) is 6.17 Å². The molecule has 1 aromatic heterocycles. The van der Waals surface area contributed by atoms with E-state index in [1.54, 1.807) is 0 Å². The summed E-state index contributed by atoms with van der Waals surface area (Å²) in [5.74, 6) is 1.44. The van der Waals surface area contributed by atoms with E-state index >= 15 is 0 Å². The van der Waals surface area contributed by atoms with Gasteiger partial charge in [0.25, 0.3) is 0 Å². The molecule has 0 bridgehead atoms. The highest BCUT2D eigenvalue weighted by Gasteiger charge is 2.25. The molecule has 0 spiro atoms. The maximum Gasteiger partial charge on any atom is 0.160 e. The summed E-state index contributed by atoms with van der Waals surface area (Å²) < 4.78 is 6.54. The number of amidine groups is 2. The van der Waals surface area contributed by atoms with Crippen LogP contribution >= 0.6 is 0 Å². The SMILES string of the molecule is c1ccc(-c2ccc(C3N=C(c4cc(-c5ccc6ccccc6c5)cc5oc6ccccc6c45)N=C(c4ccc5ccccc5c4)N3)cc2)cc1. The van der Waals surface area contributed by atoms with E-state index in [9.17, 15) is 0 Å². The Balaban J connectivity index is 1.18. The monoisotopic (exact) mass is 653 g/mol. The third kappa shape index (κ3) is 5.25. The molecular formula is C47H31N3O. The molecule has 2 heterocycles. The van der Waals surface area contributed by atoms with E-state index < -0.39 is 0 Å². The van der Waals surface area contributed by atoms with E-state index in [0.717, 1.165) is 66.5 Å². The molecule has 10 rings (SSSR count). The summed E-state index contributed by atoms with van der Waals surface area (Å²) in [5, 5.41) is 10.5. The van der Waals surface area contributed by atoms with E-state index in [2.05, 4.69) is 163 Å². The van der Waals surface area contributed by atoms with Gasteiger partial charge in [0.05, 0.1) is 0 Å². The molecular weight excluding hydrogens is 623 g/mol. The molecule has 240 valence electrons. The van der Waals surface area contributed by atoms with Crippen LogP contribution in [0.1, 0.15) is 22.9 Å². The summed E-state index contributed by atoms with van der Waals surface area (Å²) in [7, 11) is 0. The fourth-order valence-corrected chi connectivity index (χ4v) is 7.28. The Hall–Kier alpha value is -6.78. The maximum absolute atomic E-state index is 6.54. The number of aliphatic imine (C=N–C) groups is 2. The van der Waals surface area contributed by atoms with Crippen LogP contribution in [0.25, 0.3) is 65.7 Å². The molecule has 0 saturated carbocycles. The summed E-state index contributed by atoms with van der Waals surface area (Å²) in [4.78, 5) is 10.7. The summed E-state index contributed by atoms with van der Waals surface area (Å²) in [5.41, 5.74) is 9.15. The van der Waals surface area contributed by atoms with Crippen LogP contribution in [-0.2, 0) is 0 Å². The zero-order chi connectivity index (χ0) is 33.7. The molecule has 0 saturated heterocycles. The summed E-state index contributed by atoms with van der Waals surface area (Å²) >= 11 is 0. The van der Waals surface area contributed by atoms with Gasteiger partial charge in [-0.15, -0.1) is 0 Å². The van der Waals surface area contributed by atoms with Crippen LogP contribution in [-0.4, -0.2) is 11.7 Å². The first kappa shape index (κ1) is 29.2. The zero-order valence-corrected chi connectivity index (χ0v) is 27.6. The van der Waals surface area contributed by atoms with Crippen LogP contribution in [0.5, 0.6) is 0 Å². The fraction of sp³-hybridized carbons (Fsp3) is 0.0213. The number of furan rings is 1. The number of hydrogen-bond acceptors (Lipinski definition) is 4. The Labute approximate surface area is 295 Å². The van der Waals surface area contributed by atoms with Crippen LogP contribution in [0.2, 0.25) is 0 Å². The Morgan fingerprint density at radius 2 is 1.06 bits per heavy atom. The predicted octanol–water partition coefficient (Wildman–Crippen LogP) is 11.7. The van der Waals surface area contributed by atoms with Gasteiger partial charge >= 0.3 is 0 Å². The van der Waals surface area contributed by atoms with Gasteiger partial charge in [0, 0.05) is 21.9 Å². The molecule has 1 unspecified atom stereocenters. The van der Waals surface area contributed by atoms with Crippen LogP contribution in [0, 0.1) is 0 Å².